The lowest BCUT2D eigenvalue weighted by Gasteiger charge is -2.22. The number of benzene rings is 2. The maximum Gasteiger partial charge on any atom is 0.416 e. The van der Waals surface area contributed by atoms with Crippen LogP contribution in [0.1, 0.15) is 23.6 Å². The van der Waals surface area contributed by atoms with Gasteiger partial charge in [-0.25, -0.2) is 5.06 Å². The molecule has 0 spiro atoms. The Balaban J connectivity index is 2.09. The number of alkyl halides is 3. The van der Waals surface area contributed by atoms with Crippen LogP contribution in [0.5, 0.6) is 0 Å². The molecule has 1 amide bonds. The zero-order chi connectivity index (χ0) is 21.4. The van der Waals surface area contributed by atoms with Gasteiger partial charge in [-0.1, -0.05) is 36.2 Å². The van der Waals surface area contributed by atoms with Gasteiger partial charge in [-0.15, -0.1) is 0 Å². The molecular weight excluding hydrogens is 405 g/mol. The second-order valence-electron chi connectivity index (χ2n) is 6.12. The third-order valence-corrected chi connectivity index (χ3v) is 4.88. The molecule has 0 heterocycles. The molecule has 158 valence electrons. The van der Waals surface area contributed by atoms with Gasteiger partial charge in [0.05, 0.1) is 36.0 Å². The molecule has 29 heavy (non-hydrogen) atoms. The second kappa shape index (κ2) is 10.4. The molecule has 10 heteroatoms. The summed E-state index contributed by atoms with van der Waals surface area (Å²) in [4.78, 5) is 17.1. The molecular formula is C19H23F3N4O2S. The molecule has 2 aromatic carbocycles. The van der Waals surface area contributed by atoms with Crippen LogP contribution in [0.2, 0.25) is 0 Å². The average molecular weight is 428 g/mol. The van der Waals surface area contributed by atoms with Crippen molar-refractivity contribution >= 4 is 29.2 Å². The van der Waals surface area contributed by atoms with E-state index in [9.17, 15) is 18.0 Å². The number of amides is 1. The number of nitrogens with one attached hydrogen (secondary N) is 2. The summed E-state index contributed by atoms with van der Waals surface area (Å²) in [6.07, 6.45) is -4.54. The summed E-state index contributed by atoms with van der Waals surface area (Å²) in [5, 5.41) is 4.16. The van der Waals surface area contributed by atoms with Crippen molar-refractivity contribution in [3.05, 3.63) is 59.7 Å². The van der Waals surface area contributed by atoms with Gasteiger partial charge < -0.3 is 11.1 Å². The molecule has 2 rings (SSSR count). The topological polar surface area (TPSA) is 79.6 Å². The van der Waals surface area contributed by atoms with Crippen molar-refractivity contribution in [3.63, 3.8) is 0 Å². The summed E-state index contributed by atoms with van der Waals surface area (Å²) in [5.41, 5.74) is 6.77. The van der Waals surface area contributed by atoms with Crippen molar-refractivity contribution in [2.75, 3.05) is 31.1 Å². The minimum atomic E-state index is -4.46. The Hall–Kier alpha value is -2.43. The van der Waals surface area contributed by atoms with Crippen molar-refractivity contribution in [1.82, 2.24) is 9.79 Å². The maximum absolute atomic E-state index is 13.1. The number of carbonyl (C=O) groups is 1. The molecule has 0 radical (unpaired) electrons. The van der Waals surface area contributed by atoms with Crippen molar-refractivity contribution in [3.8, 4) is 0 Å². The van der Waals surface area contributed by atoms with Gasteiger partial charge in [-0.3, -0.25) is 14.4 Å². The number of nitrogens with zero attached hydrogens (tertiary/aromatic N) is 1. The summed E-state index contributed by atoms with van der Waals surface area (Å²) in [6, 6.07) is 11.5. The number of hydroxylamine groups is 2. The minimum absolute atomic E-state index is 0.0773. The summed E-state index contributed by atoms with van der Waals surface area (Å²) >= 11 is 1.22. The Morgan fingerprint density at radius 2 is 1.97 bits per heavy atom. The van der Waals surface area contributed by atoms with E-state index in [1.54, 1.807) is 12.1 Å². The van der Waals surface area contributed by atoms with Crippen LogP contribution in [-0.4, -0.2) is 31.0 Å². The minimum Gasteiger partial charge on any atom is -0.397 e. The van der Waals surface area contributed by atoms with Crippen molar-refractivity contribution < 1.29 is 22.8 Å². The third-order valence-electron chi connectivity index (χ3n) is 4.14. The predicted octanol–water partition coefficient (Wildman–Crippen LogP) is 4.05. The van der Waals surface area contributed by atoms with Gasteiger partial charge in [0, 0.05) is 13.5 Å². The van der Waals surface area contributed by atoms with Crippen LogP contribution < -0.4 is 15.8 Å². The smallest absolute Gasteiger partial charge is 0.397 e. The number of hydrogen-bond donors (Lipinski definition) is 3. The van der Waals surface area contributed by atoms with Crippen molar-refractivity contribution in [2.24, 2.45) is 0 Å². The highest BCUT2D eigenvalue weighted by atomic mass is 32.2. The summed E-state index contributed by atoms with van der Waals surface area (Å²) in [5.74, 6) is 0.0149. The lowest BCUT2D eigenvalue weighted by atomic mass is 10.0. The predicted molar refractivity (Wildman–Crippen MR) is 109 cm³/mol. The quantitative estimate of drug-likeness (QED) is 0.184. The van der Waals surface area contributed by atoms with E-state index in [1.807, 2.05) is 18.2 Å². The first-order valence-corrected chi connectivity index (χ1v) is 9.64. The Kier molecular flexibility index (Phi) is 8.18. The van der Waals surface area contributed by atoms with Gasteiger partial charge in [-0.2, -0.15) is 13.2 Å². The Morgan fingerprint density at radius 3 is 2.62 bits per heavy atom. The van der Waals surface area contributed by atoms with Gasteiger partial charge in [0.1, 0.15) is 0 Å². The van der Waals surface area contributed by atoms with Crippen LogP contribution >= 0.6 is 11.9 Å². The number of rotatable bonds is 9. The van der Waals surface area contributed by atoms with Crippen LogP contribution in [0, 0.1) is 0 Å². The lowest BCUT2D eigenvalue weighted by Crippen LogP contribution is -2.30. The van der Waals surface area contributed by atoms with Crippen LogP contribution in [-0.2, 0) is 15.8 Å². The monoisotopic (exact) mass is 428 g/mol. The van der Waals surface area contributed by atoms with E-state index in [-0.39, 0.29) is 12.3 Å². The summed E-state index contributed by atoms with van der Waals surface area (Å²) in [6.45, 7) is 0. The Labute approximate surface area is 171 Å². The summed E-state index contributed by atoms with van der Waals surface area (Å²) in [7, 11) is 2.78. The van der Waals surface area contributed by atoms with Gasteiger partial charge in [-0.05, 0) is 29.8 Å². The molecule has 0 aliphatic heterocycles. The number of halogens is 3. The molecule has 6 nitrogen and oxygen atoms in total. The van der Waals surface area contributed by atoms with Crippen LogP contribution in [0.25, 0.3) is 0 Å². The lowest BCUT2D eigenvalue weighted by molar-refractivity contribution is -0.169. The average Bonchev–Trinajstić information content (AvgIpc) is 2.70. The van der Waals surface area contributed by atoms with Gasteiger partial charge in [0.2, 0.25) is 5.91 Å². The molecule has 0 saturated carbocycles. The highest BCUT2D eigenvalue weighted by Gasteiger charge is 2.31. The fourth-order valence-electron chi connectivity index (χ4n) is 2.48. The van der Waals surface area contributed by atoms with E-state index in [4.69, 9.17) is 10.6 Å². The molecule has 0 aliphatic rings. The Morgan fingerprint density at radius 1 is 1.24 bits per heavy atom. The molecule has 0 aromatic heterocycles. The number of nitrogens with two attached hydrogens (primary N) is 1. The SMILES string of the molecule is CON(C)C(=O)CC(NSCNc1ccccc1N)c1cccc(C(F)(F)F)c1. The van der Waals surface area contributed by atoms with E-state index < -0.39 is 17.8 Å². The number of carbonyl (C=O) groups excluding carboxylic acids is 1. The van der Waals surface area contributed by atoms with E-state index >= 15 is 0 Å². The van der Waals surface area contributed by atoms with E-state index in [2.05, 4.69) is 10.0 Å². The molecule has 0 fully saturated rings. The Bertz CT molecular complexity index is 820. The molecule has 2 aromatic rings. The number of para-hydroxylation sites is 2. The van der Waals surface area contributed by atoms with E-state index in [0.29, 0.717) is 17.1 Å². The third kappa shape index (κ3) is 6.84. The molecule has 0 aliphatic carbocycles. The summed E-state index contributed by atoms with van der Waals surface area (Å²) < 4.78 is 42.3. The number of anilines is 2. The van der Waals surface area contributed by atoms with E-state index in [0.717, 1.165) is 22.9 Å². The first kappa shape index (κ1) is 22.9. The fourth-order valence-corrected chi connectivity index (χ4v) is 3.21. The van der Waals surface area contributed by atoms with Crippen LogP contribution in [0.3, 0.4) is 0 Å². The number of hydrogen-bond acceptors (Lipinski definition) is 6. The normalized spacial score (nSPS) is 12.4. The zero-order valence-corrected chi connectivity index (χ0v) is 16.8. The highest BCUT2D eigenvalue weighted by molar-refractivity contribution is 7.97. The number of nitrogen functional groups attached to an aromatic ring is 1. The molecule has 1 unspecified atom stereocenters. The van der Waals surface area contributed by atoms with E-state index in [1.165, 1.54) is 32.2 Å². The molecule has 1 atom stereocenters. The first-order valence-electron chi connectivity index (χ1n) is 8.66. The largest absolute Gasteiger partial charge is 0.416 e. The first-order chi connectivity index (χ1) is 13.7. The molecule has 0 bridgehead atoms. The zero-order valence-electron chi connectivity index (χ0n) is 16.0. The fraction of sp³-hybridized carbons (Fsp3) is 0.316. The van der Waals surface area contributed by atoms with Crippen molar-refractivity contribution in [2.45, 2.75) is 18.6 Å². The maximum atomic E-state index is 13.1. The highest BCUT2D eigenvalue weighted by Crippen LogP contribution is 2.32. The van der Waals surface area contributed by atoms with Gasteiger partial charge >= 0.3 is 6.18 Å². The molecule has 4 N–H and O–H groups in total. The molecule has 0 saturated heterocycles. The van der Waals surface area contributed by atoms with Crippen LogP contribution in [0.4, 0.5) is 24.5 Å². The van der Waals surface area contributed by atoms with Gasteiger partial charge in [0.15, 0.2) is 0 Å². The standard InChI is InChI=1S/C19H23F3N4O2S/c1-26(28-2)18(27)11-17(13-6-5-7-14(10-13)19(20,21)22)25-29-12-24-16-9-4-3-8-15(16)23/h3-10,17,24-25H,11-12,23H2,1-2H3. The second-order valence-corrected chi connectivity index (χ2v) is 6.94. The van der Waals surface area contributed by atoms with Gasteiger partial charge in [0.25, 0.3) is 0 Å². The van der Waals surface area contributed by atoms with Crippen molar-refractivity contribution in [1.29, 1.82) is 0 Å². The van der Waals surface area contributed by atoms with Crippen LogP contribution in [0.15, 0.2) is 48.5 Å².